The summed E-state index contributed by atoms with van der Waals surface area (Å²) in [4.78, 5) is 38.4. The average molecular weight is 351 g/mol. The molecule has 1 saturated heterocycles. The molecule has 2 amide bonds. The molecule has 138 valence electrons. The molecule has 8 heteroatoms. The summed E-state index contributed by atoms with van der Waals surface area (Å²) in [6.45, 7) is 6.01. The highest BCUT2D eigenvalue weighted by molar-refractivity contribution is 5.91. The standard InChI is InChI=1S/C17H25N3O5/c1-11(2)14-9-15(25-18-14)17(24)19-7-4-5-13(6-8-19)20(12(3)21)10-16(22)23/h9,11,13H,4-8,10H2,1-3H3,(H,22,23). The van der Waals surface area contributed by atoms with Crippen molar-refractivity contribution in [3.63, 3.8) is 0 Å². The van der Waals surface area contributed by atoms with E-state index in [1.165, 1.54) is 11.8 Å². The summed E-state index contributed by atoms with van der Waals surface area (Å²) < 4.78 is 5.16. The van der Waals surface area contributed by atoms with Gasteiger partial charge in [-0.3, -0.25) is 14.4 Å². The summed E-state index contributed by atoms with van der Waals surface area (Å²) >= 11 is 0. The maximum absolute atomic E-state index is 12.6. The predicted octanol–water partition coefficient (Wildman–Crippen LogP) is 1.73. The minimum absolute atomic E-state index is 0.174. The Balaban J connectivity index is 2.03. The lowest BCUT2D eigenvalue weighted by molar-refractivity contribution is -0.145. The van der Waals surface area contributed by atoms with Gasteiger partial charge in [-0.05, 0) is 25.2 Å². The molecule has 0 radical (unpaired) electrons. The second kappa shape index (κ2) is 8.13. The molecule has 2 heterocycles. The molecule has 0 aliphatic carbocycles. The zero-order chi connectivity index (χ0) is 18.6. The van der Waals surface area contributed by atoms with Gasteiger partial charge in [-0.1, -0.05) is 19.0 Å². The van der Waals surface area contributed by atoms with Crippen molar-refractivity contribution in [3.8, 4) is 0 Å². The maximum Gasteiger partial charge on any atom is 0.323 e. The first-order valence-corrected chi connectivity index (χ1v) is 8.54. The monoisotopic (exact) mass is 351 g/mol. The van der Waals surface area contributed by atoms with Gasteiger partial charge in [-0.25, -0.2) is 0 Å². The first-order valence-electron chi connectivity index (χ1n) is 8.54. The Kier molecular flexibility index (Phi) is 6.17. The SMILES string of the molecule is CC(=O)N(CC(=O)O)C1CCCN(C(=O)c2cc(C(C)C)no2)CC1. The van der Waals surface area contributed by atoms with Crippen LogP contribution in [0.3, 0.4) is 0 Å². The summed E-state index contributed by atoms with van der Waals surface area (Å²) in [5, 5.41) is 12.9. The minimum atomic E-state index is -1.03. The molecule has 8 nitrogen and oxygen atoms in total. The molecule has 0 spiro atoms. The molecule has 0 aromatic carbocycles. The van der Waals surface area contributed by atoms with E-state index in [9.17, 15) is 14.4 Å². The van der Waals surface area contributed by atoms with Crippen molar-refractivity contribution in [1.29, 1.82) is 0 Å². The van der Waals surface area contributed by atoms with E-state index in [4.69, 9.17) is 9.63 Å². The number of carbonyl (C=O) groups is 3. The Bertz CT molecular complexity index is 640. The largest absolute Gasteiger partial charge is 0.480 e. The van der Waals surface area contributed by atoms with E-state index < -0.39 is 5.97 Å². The van der Waals surface area contributed by atoms with E-state index in [1.807, 2.05) is 13.8 Å². The molecule has 0 saturated carbocycles. The van der Waals surface area contributed by atoms with Crippen LogP contribution in [0.2, 0.25) is 0 Å². The zero-order valence-corrected chi connectivity index (χ0v) is 14.9. The average Bonchev–Trinajstić information content (AvgIpc) is 2.91. The molecular formula is C17H25N3O5. The van der Waals surface area contributed by atoms with Gasteiger partial charge in [0.15, 0.2) is 0 Å². The van der Waals surface area contributed by atoms with Crippen molar-refractivity contribution in [2.24, 2.45) is 0 Å². The number of aromatic nitrogens is 1. The van der Waals surface area contributed by atoms with Crippen LogP contribution in [0.4, 0.5) is 0 Å². The number of carboxylic acids is 1. The lowest BCUT2D eigenvalue weighted by Gasteiger charge is -2.28. The quantitative estimate of drug-likeness (QED) is 0.866. The molecule has 0 bridgehead atoms. The lowest BCUT2D eigenvalue weighted by atomic mass is 10.1. The molecule has 2 rings (SSSR count). The predicted molar refractivity (Wildman–Crippen MR) is 89.2 cm³/mol. The molecule has 1 aliphatic rings. The fourth-order valence-electron chi connectivity index (χ4n) is 3.05. The van der Waals surface area contributed by atoms with Crippen molar-refractivity contribution in [3.05, 3.63) is 17.5 Å². The third-order valence-electron chi connectivity index (χ3n) is 4.47. The minimum Gasteiger partial charge on any atom is -0.480 e. The second-order valence-electron chi connectivity index (χ2n) is 6.69. The smallest absolute Gasteiger partial charge is 0.323 e. The highest BCUT2D eigenvalue weighted by Crippen LogP contribution is 2.20. The lowest BCUT2D eigenvalue weighted by Crippen LogP contribution is -2.43. The number of aliphatic carboxylic acids is 1. The van der Waals surface area contributed by atoms with Crippen LogP contribution in [0.5, 0.6) is 0 Å². The highest BCUT2D eigenvalue weighted by Gasteiger charge is 2.29. The third kappa shape index (κ3) is 4.80. The molecule has 1 aromatic heterocycles. The number of rotatable bonds is 5. The van der Waals surface area contributed by atoms with Crippen molar-refractivity contribution >= 4 is 17.8 Å². The summed E-state index contributed by atoms with van der Waals surface area (Å²) in [7, 11) is 0. The van der Waals surface area contributed by atoms with E-state index in [2.05, 4.69) is 5.16 Å². The molecule has 1 aromatic rings. The summed E-state index contributed by atoms with van der Waals surface area (Å²) in [5.41, 5.74) is 0.736. The van der Waals surface area contributed by atoms with Gasteiger partial charge in [0.2, 0.25) is 11.7 Å². The number of carbonyl (C=O) groups excluding carboxylic acids is 2. The van der Waals surface area contributed by atoms with Crippen molar-refractivity contribution in [1.82, 2.24) is 15.0 Å². The Morgan fingerprint density at radius 3 is 2.64 bits per heavy atom. The molecule has 1 N–H and O–H groups in total. The molecule has 1 unspecified atom stereocenters. The fraction of sp³-hybridized carbons (Fsp3) is 0.647. The van der Waals surface area contributed by atoms with Crippen LogP contribution in [0.15, 0.2) is 10.6 Å². The topological polar surface area (TPSA) is 104 Å². The second-order valence-corrected chi connectivity index (χ2v) is 6.69. The van der Waals surface area contributed by atoms with E-state index in [0.717, 1.165) is 5.69 Å². The van der Waals surface area contributed by atoms with Gasteiger partial charge in [-0.2, -0.15) is 0 Å². The van der Waals surface area contributed by atoms with E-state index >= 15 is 0 Å². The van der Waals surface area contributed by atoms with Crippen LogP contribution < -0.4 is 0 Å². The number of nitrogens with zero attached hydrogens (tertiary/aromatic N) is 3. The third-order valence-corrected chi connectivity index (χ3v) is 4.47. The van der Waals surface area contributed by atoms with Gasteiger partial charge in [-0.15, -0.1) is 0 Å². The van der Waals surface area contributed by atoms with Crippen LogP contribution in [0, 0.1) is 0 Å². The van der Waals surface area contributed by atoms with Crippen molar-refractivity contribution in [2.75, 3.05) is 19.6 Å². The van der Waals surface area contributed by atoms with Gasteiger partial charge in [0.25, 0.3) is 5.91 Å². The molecule has 1 atom stereocenters. The molecular weight excluding hydrogens is 326 g/mol. The number of amides is 2. The Labute approximate surface area is 146 Å². The molecule has 1 aliphatic heterocycles. The van der Waals surface area contributed by atoms with Crippen LogP contribution in [0.1, 0.15) is 62.2 Å². The van der Waals surface area contributed by atoms with Crippen LogP contribution in [0.25, 0.3) is 0 Å². The van der Waals surface area contributed by atoms with Crippen LogP contribution in [-0.2, 0) is 9.59 Å². The fourth-order valence-corrected chi connectivity index (χ4v) is 3.05. The summed E-state index contributed by atoms with van der Waals surface area (Å²) in [6, 6.07) is 1.49. The Morgan fingerprint density at radius 2 is 2.08 bits per heavy atom. The normalized spacial score (nSPS) is 18.1. The first kappa shape index (κ1) is 19.0. The number of likely N-dealkylation sites (tertiary alicyclic amines) is 1. The zero-order valence-electron chi connectivity index (χ0n) is 14.9. The van der Waals surface area contributed by atoms with E-state index in [1.54, 1.807) is 11.0 Å². The van der Waals surface area contributed by atoms with Crippen LogP contribution >= 0.6 is 0 Å². The van der Waals surface area contributed by atoms with Crippen molar-refractivity contribution in [2.45, 2.75) is 52.0 Å². The molecule has 1 fully saturated rings. The van der Waals surface area contributed by atoms with E-state index in [0.29, 0.717) is 32.4 Å². The number of hydrogen-bond acceptors (Lipinski definition) is 5. The van der Waals surface area contributed by atoms with Crippen LogP contribution in [-0.4, -0.2) is 63.5 Å². The maximum atomic E-state index is 12.6. The number of hydrogen-bond donors (Lipinski definition) is 1. The Hall–Kier alpha value is -2.38. The summed E-state index contributed by atoms with van der Waals surface area (Å²) in [5.74, 6) is -1.11. The number of carboxylic acid groups (broad SMARTS) is 1. The summed E-state index contributed by atoms with van der Waals surface area (Å²) in [6.07, 6.45) is 1.92. The van der Waals surface area contributed by atoms with Gasteiger partial charge in [0, 0.05) is 32.1 Å². The van der Waals surface area contributed by atoms with Gasteiger partial charge >= 0.3 is 5.97 Å². The highest BCUT2D eigenvalue weighted by atomic mass is 16.5. The van der Waals surface area contributed by atoms with E-state index in [-0.39, 0.29) is 36.1 Å². The van der Waals surface area contributed by atoms with Crippen molar-refractivity contribution < 1.29 is 24.0 Å². The van der Waals surface area contributed by atoms with Gasteiger partial charge in [0.1, 0.15) is 6.54 Å². The first-order chi connectivity index (χ1) is 11.8. The molecule has 25 heavy (non-hydrogen) atoms. The van der Waals surface area contributed by atoms with Gasteiger partial charge in [0.05, 0.1) is 5.69 Å². The van der Waals surface area contributed by atoms with Gasteiger partial charge < -0.3 is 19.4 Å². The Morgan fingerprint density at radius 1 is 1.36 bits per heavy atom.